The first-order chi connectivity index (χ1) is 14.3. The summed E-state index contributed by atoms with van der Waals surface area (Å²) in [6, 6.07) is 7.90. The van der Waals surface area contributed by atoms with Gasteiger partial charge in [-0.2, -0.15) is 0 Å². The molecule has 2 aromatic heterocycles. The lowest BCUT2D eigenvalue weighted by molar-refractivity contribution is -0.118. The van der Waals surface area contributed by atoms with Crippen molar-refractivity contribution in [2.75, 3.05) is 11.9 Å². The average Bonchev–Trinajstić information content (AvgIpc) is 3.08. The average molecular weight is 404 g/mol. The van der Waals surface area contributed by atoms with Gasteiger partial charge in [0.15, 0.2) is 0 Å². The third-order valence-corrected chi connectivity index (χ3v) is 5.62. The van der Waals surface area contributed by atoms with Crippen LogP contribution in [0.15, 0.2) is 41.2 Å². The number of aromatic nitrogens is 2. The molecule has 1 aromatic carbocycles. The predicted octanol–water partition coefficient (Wildman–Crippen LogP) is 3.75. The van der Waals surface area contributed by atoms with Crippen LogP contribution in [0.3, 0.4) is 0 Å². The highest BCUT2D eigenvalue weighted by atomic mass is 16.5. The van der Waals surface area contributed by atoms with Gasteiger partial charge in [0.25, 0.3) is 5.91 Å². The Morgan fingerprint density at radius 2 is 1.97 bits per heavy atom. The summed E-state index contributed by atoms with van der Waals surface area (Å²) in [5, 5.41) is 6.84. The van der Waals surface area contributed by atoms with E-state index in [0.29, 0.717) is 23.4 Å². The maximum atomic E-state index is 12.6. The second-order valence-corrected chi connectivity index (χ2v) is 7.70. The Balaban J connectivity index is 1.57. The smallest absolute Gasteiger partial charge is 0.257 e. The molecule has 0 fully saturated rings. The molecule has 0 spiro atoms. The second-order valence-electron chi connectivity index (χ2n) is 7.70. The van der Waals surface area contributed by atoms with E-state index in [9.17, 15) is 9.59 Å². The first kappa shape index (κ1) is 19.8. The van der Waals surface area contributed by atoms with Crippen LogP contribution in [-0.2, 0) is 11.2 Å². The fourth-order valence-electron chi connectivity index (χ4n) is 3.85. The highest BCUT2D eigenvalue weighted by Crippen LogP contribution is 2.32. The minimum atomic E-state index is -0.236. The first-order valence-electron chi connectivity index (χ1n) is 9.93. The van der Waals surface area contributed by atoms with E-state index in [4.69, 9.17) is 4.52 Å². The van der Waals surface area contributed by atoms with Gasteiger partial charge in [-0.15, -0.1) is 0 Å². The molecule has 1 unspecified atom stereocenters. The van der Waals surface area contributed by atoms with Gasteiger partial charge >= 0.3 is 0 Å². The minimum Gasteiger partial charge on any atom is -0.361 e. The van der Waals surface area contributed by atoms with Crippen molar-refractivity contribution in [3.8, 4) is 11.1 Å². The lowest BCUT2D eigenvalue weighted by Crippen LogP contribution is -2.30. The van der Waals surface area contributed by atoms with Crippen LogP contribution in [0.1, 0.15) is 52.3 Å². The number of fused-ring (bicyclic) bond motifs is 1. The number of rotatable bonds is 4. The second kappa shape index (κ2) is 7.74. The number of hydrogen-bond donors (Lipinski definition) is 1. The van der Waals surface area contributed by atoms with E-state index in [1.54, 1.807) is 24.9 Å². The molecule has 30 heavy (non-hydrogen) atoms. The van der Waals surface area contributed by atoms with Crippen LogP contribution in [0.5, 0.6) is 0 Å². The maximum absolute atomic E-state index is 12.6. The lowest BCUT2D eigenvalue weighted by atomic mass is 9.96. The largest absolute Gasteiger partial charge is 0.361 e. The first-order valence-corrected chi connectivity index (χ1v) is 9.93. The third-order valence-electron chi connectivity index (χ3n) is 5.62. The quantitative estimate of drug-likeness (QED) is 0.715. The molecule has 3 aromatic rings. The molecule has 7 heteroatoms. The zero-order valence-electron chi connectivity index (χ0n) is 17.5. The third kappa shape index (κ3) is 3.58. The Labute approximate surface area is 175 Å². The normalized spacial score (nSPS) is 14.4. The molecule has 1 N–H and O–H groups in total. The van der Waals surface area contributed by atoms with Crippen molar-refractivity contribution in [1.29, 1.82) is 0 Å². The summed E-state index contributed by atoms with van der Waals surface area (Å²) in [7, 11) is 1.81. The Hall–Kier alpha value is -3.48. The molecule has 2 amide bonds. The molecular weight excluding hydrogens is 380 g/mol. The molecule has 0 saturated carbocycles. The van der Waals surface area contributed by atoms with Crippen LogP contribution in [0, 0.1) is 13.8 Å². The van der Waals surface area contributed by atoms with E-state index in [2.05, 4.69) is 21.5 Å². The molecular formula is C23H24N4O3. The Bertz CT molecular complexity index is 1120. The van der Waals surface area contributed by atoms with Crippen molar-refractivity contribution in [2.45, 2.75) is 39.7 Å². The van der Waals surface area contributed by atoms with Gasteiger partial charge in [-0.25, -0.2) is 0 Å². The molecule has 0 radical (unpaired) electrons. The molecule has 0 bridgehead atoms. The summed E-state index contributed by atoms with van der Waals surface area (Å²) < 4.78 is 5.09. The number of hydrogen-bond acceptors (Lipinski definition) is 5. The van der Waals surface area contributed by atoms with Crippen LogP contribution in [0.2, 0.25) is 0 Å². The van der Waals surface area contributed by atoms with Gasteiger partial charge in [-0.3, -0.25) is 14.6 Å². The van der Waals surface area contributed by atoms with Gasteiger partial charge in [0.2, 0.25) is 5.91 Å². The van der Waals surface area contributed by atoms with Gasteiger partial charge in [-0.05, 0) is 62.1 Å². The Kier molecular flexibility index (Phi) is 5.11. The van der Waals surface area contributed by atoms with Crippen molar-refractivity contribution >= 4 is 17.5 Å². The molecule has 1 aliphatic heterocycles. The fraction of sp³-hybridized carbons (Fsp3) is 0.304. The van der Waals surface area contributed by atoms with Crippen molar-refractivity contribution in [2.24, 2.45) is 0 Å². The van der Waals surface area contributed by atoms with E-state index < -0.39 is 0 Å². The van der Waals surface area contributed by atoms with E-state index >= 15 is 0 Å². The van der Waals surface area contributed by atoms with Crippen LogP contribution < -0.4 is 10.2 Å². The topological polar surface area (TPSA) is 88.3 Å². The van der Waals surface area contributed by atoms with E-state index in [-0.39, 0.29) is 17.9 Å². The van der Waals surface area contributed by atoms with Crippen molar-refractivity contribution < 1.29 is 14.1 Å². The zero-order valence-corrected chi connectivity index (χ0v) is 17.5. The summed E-state index contributed by atoms with van der Waals surface area (Å²) in [6.07, 6.45) is 4.83. The van der Waals surface area contributed by atoms with Crippen LogP contribution in [0.25, 0.3) is 11.1 Å². The van der Waals surface area contributed by atoms with Gasteiger partial charge < -0.3 is 14.7 Å². The number of aryl methyl sites for hydroxylation is 3. The Morgan fingerprint density at radius 3 is 2.70 bits per heavy atom. The number of nitrogens with one attached hydrogen (secondary N) is 1. The monoisotopic (exact) mass is 404 g/mol. The lowest BCUT2D eigenvalue weighted by Gasteiger charge is -2.26. The number of nitrogens with zero attached hydrogens (tertiary/aromatic N) is 3. The standard InChI is InChI=1S/C23H24N4O3/c1-13(25-23(29)22-14(2)26-30-15(22)3)18-10-19(12-24-11-18)16-5-7-20-17(9-16)6-8-21(28)27(20)4/h5,7,9-13H,6,8H2,1-4H3,(H,25,29). The number of amides is 2. The molecule has 4 rings (SSSR count). The predicted molar refractivity (Wildman–Crippen MR) is 113 cm³/mol. The summed E-state index contributed by atoms with van der Waals surface area (Å²) in [5.74, 6) is 0.425. The van der Waals surface area contributed by atoms with Gasteiger partial charge in [0.05, 0.1) is 11.7 Å². The number of pyridine rings is 1. The highest BCUT2D eigenvalue weighted by molar-refractivity contribution is 5.97. The fourth-order valence-corrected chi connectivity index (χ4v) is 3.85. The number of carbonyl (C=O) groups is 2. The van der Waals surface area contributed by atoms with Crippen LogP contribution >= 0.6 is 0 Å². The highest BCUT2D eigenvalue weighted by Gasteiger charge is 2.22. The van der Waals surface area contributed by atoms with Crippen LogP contribution in [0.4, 0.5) is 5.69 Å². The zero-order chi connectivity index (χ0) is 21.4. The van der Waals surface area contributed by atoms with Gasteiger partial charge in [-0.1, -0.05) is 11.2 Å². The molecule has 0 saturated heterocycles. The Morgan fingerprint density at radius 1 is 1.17 bits per heavy atom. The van der Waals surface area contributed by atoms with Crippen LogP contribution in [-0.4, -0.2) is 29.0 Å². The molecule has 1 aliphatic rings. The molecule has 3 heterocycles. The van der Waals surface area contributed by atoms with E-state index in [1.807, 2.05) is 38.4 Å². The molecule has 1 atom stereocenters. The van der Waals surface area contributed by atoms with Crippen molar-refractivity contribution in [3.05, 3.63) is 64.8 Å². The minimum absolute atomic E-state index is 0.141. The SMILES string of the molecule is Cc1noc(C)c1C(=O)NC(C)c1cncc(-c2ccc3c(c2)CCC(=O)N3C)c1. The van der Waals surface area contributed by atoms with E-state index in [1.165, 1.54) is 0 Å². The summed E-state index contributed by atoms with van der Waals surface area (Å²) >= 11 is 0. The summed E-state index contributed by atoms with van der Waals surface area (Å²) in [4.78, 5) is 30.7. The maximum Gasteiger partial charge on any atom is 0.257 e. The number of carbonyl (C=O) groups excluding carboxylic acids is 2. The van der Waals surface area contributed by atoms with Gasteiger partial charge in [0, 0.05) is 37.1 Å². The molecule has 7 nitrogen and oxygen atoms in total. The van der Waals surface area contributed by atoms with Crippen molar-refractivity contribution in [1.82, 2.24) is 15.5 Å². The van der Waals surface area contributed by atoms with E-state index in [0.717, 1.165) is 34.4 Å². The molecule has 0 aliphatic carbocycles. The molecule has 154 valence electrons. The number of anilines is 1. The summed E-state index contributed by atoms with van der Waals surface area (Å²) in [5.41, 5.74) is 6.06. The number of benzene rings is 1. The van der Waals surface area contributed by atoms with Crippen molar-refractivity contribution in [3.63, 3.8) is 0 Å². The summed E-state index contributed by atoms with van der Waals surface area (Å²) in [6.45, 7) is 5.40. The van der Waals surface area contributed by atoms with Gasteiger partial charge in [0.1, 0.15) is 11.3 Å².